The largest absolute Gasteiger partial charge is 0.455 e. The fourth-order valence-electron chi connectivity index (χ4n) is 6.73. The van der Waals surface area contributed by atoms with Crippen LogP contribution in [0.15, 0.2) is 162 Å². The number of furan rings is 1. The van der Waals surface area contributed by atoms with E-state index < -0.39 is 0 Å². The lowest BCUT2D eigenvalue weighted by atomic mass is 10.00. The minimum atomic E-state index is 0.812. The summed E-state index contributed by atoms with van der Waals surface area (Å²) in [6.45, 7) is 0.812. The van der Waals surface area contributed by atoms with Gasteiger partial charge in [-0.05, 0) is 99.4 Å². The van der Waals surface area contributed by atoms with Crippen LogP contribution in [0.2, 0.25) is 0 Å². The first-order chi connectivity index (χ1) is 22.8. The van der Waals surface area contributed by atoms with Gasteiger partial charge in [0.05, 0.1) is 0 Å². The Balaban J connectivity index is 1.16. The predicted molar refractivity (Wildman–Crippen MR) is 193 cm³/mol. The molecule has 1 aliphatic rings. The summed E-state index contributed by atoms with van der Waals surface area (Å²) in [5.74, 6) is 0. The first-order valence-corrected chi connectivity index (χ1v) is 15.7. The average molecular weight is 591 g/mol. The van der Waals surface area contributed by atoms with Gasteiger partial charge in [0, 0.05) is 39.9 Å². The molecule has 3 heteroatoms. The maximum atomic E-state index is 6.46. The first-order valence-electron chi connectivity index (χ1n) is 15.7. The van der Waals surface area contributed by atoms with Gasteiger partial charge < -0.3 is 14.6 Å². The van der Waals surface area contributed by atoms with Crippen LogP contribution >= 0.6 is 0 Å². The Labute approximate surface area is 267 Å². The normalized spacial score (nSPS) is 12.3. The Hall–Kier alpha value is -6.06. The third-order valence-corrected chi connectivity index (χ3v) is 9.11. The molecule has 1 aromatic heterocycles. The van der Waals surface area contributed by atoms with Gasteiger partial charge in [0.15, 0.2) is 0 Å². The molecule has 0 saturated heterocycles. The molecule has 0 radical (unpaired) electrons. The molecule has 8 aromatic rings. The van der Waals surface area contributed by atoms with E-state index in [0.717, 1.165) is 51.1 Å². The summed E-state index contributed by atoms with van der Waals surface area (Å²) in [7, 11) is 0. The fourth-order valence-corrected chi connectivity index (χ4v) is 6.73. The highest BCUT2D eigenvalue weighted by Gasteiger charge is 2.18. The van der Waals surface area contributed by atoms with E-state index in [1.54, 1.807) is 0 Å². The van der Waals surface area contributed by atoms with Crippen molar-refractivity contribution in [2.75, 3.05) is 4.90 Å². The van der Waals surface area contributed by atoms with Gasteiger partial charge >= 0.3 is 0 Å². The standard InChI is InChI=1S/C43H30N2O/c1-2-6-29(7-3-1)31-12-17-36(18-13-31)45(37-19-14-32(15-20-37)34-11-10-30-8-4-5-9-33(30)26-34)38-21-23-42-41(27-38)40-22-16-35-28-44-25-24-39(35)43(40)46-42/h1-27,44H,28H2. The van der Waals surface area contributed by atoms with Gasteiger partial charge in [-0.25, -0.2) is 0 Å². The molecule has 0 bridgehead atoms. The number of benzene rings is 7. The van der Waals surface area contributed by atoms with Gasteiger partial charge in [0.2, 0.25) is 0 Å². The topological polar surface area (TPSA) is 28.4 Å². The number of nitrogens with one attached hydrogen (secondary N) is 1. The highest BCUT2D eigenvalue weighted by atomic mass is 16.3. The molecule has 7 aromatic carbocycles. The maximum absolute atomic E-state index is 6.46. The van der Waals surface area contributed by atoms with Gasteiger partial charge in [-0.15, -0.1) is 0 Å². The summed E-state index contributed by atoms with van der Waals surface area (Å²) in [5.41, 5.74) is 12.3. The molecule has 2 heterocycles. The number of hydrogen-bond acceptors (Lipinski definition) is 3. The van der Waals surface area contributed by atoms with Gasteiger partial charge in [-0.1, -0.05) is 103 Å². The van der Waals surface area contributed by atoms with Gasteiger partial charge in [-0.3, -0.25) is 0 Å². The molecule has 0 aliphatic carbocycles. The van der Waals surface area contributed by atoms with Crippen LogP contribution in [-0.2, 0) is 6.54 Å². The lowest BCUT2D eigenvalue weighted by Crippen LogP contribution is -2.10. The van der Waals surface area contributed by atoms with Crippen molar-refractivity contribution in [1.82, 2.24) is 5.32 Å². The number of nitrogens with zero attached hydrogens (tertiary/aromatic N) is 1. The van der Waals surface area contributed by atoms with E-state index in [1.807, 2.05) is 6.20 Å². The van der Waals surface area contributed by atoms with Crippen LogP contribution in [-0.4, -0.2) is 0 Å². The van der Waals surface area contributed by atoms with E-state index >= 15 is 0 Å². The summed E-state index contributed by atoms with van der Waals surface area (Å²) < 4.78 is 6.46. The first kappa shape index (κ1) is 26.4. The molecule has 3 nitrogen and oxygen atoms in total. The van der Waals surface area contributed by atoms with Crippen LogP contribution in [0, 0.1) is 0 Å². The zero-order valence-electron chi connectivity index (χ0n) is 25.2. The van der Waals surface area contributed by atoms with E-state index in [1.165, 1.54) is 38.6 Å². The minimum absolute atomic E-state index is 0.812. The van der Waals surface area contributed by atoms with Crippen LogP contribution in [0.5, 0.6) is 0 Å². The summed E-state index contributed by atoms with van der Waals surface area (Å²) in [5, 5.41) is 8.05. The second kappa shape index (κ2) is 10.8. The minimum Gasteiger partial charge on any atom is -0.455 e. The number of rotatable bonds is 5. The SMILES string of the molecule is C1=Cc2c(ccc3c2oc2ccc(N(c4ccc(-c5ccccc5)cc4)c4ccc(-c5ccc6ccccc6c5)cc4)cc23)CN1. The Bertz CT molecular complexity index is 2400. The maximum Gasteiger partial charge on any atom is 0.143 e. The van der Waals surface area contributed by atoms with Crippen LogP contribution in [0.3, 0.4) is 0 Å². The quantitative estimate of drug-likeness (QED) is 0.216. The van der Waals surface area contributed by atoms with E-state index in [2.05, 4.69) is 168 Å². The van der Waals surface area contributed by atoms with E-state index in [0.29, 0.717) is 0 Å². The molecule has 218 valence electrons. The summed E-state index contributed by atoms with van der Waals surface area (Å²) in [4.78, 5) is 2.33. The fraction of sp³-hybridized carbons (Fsp3) is 0.0233. The number of hydrogen-bond donors (Lipinski definition) is 1. The van der Waals surface area contributed by atoms with Crippen LogP contribution < -0.4 is 10.2 Å². The molecule has 0 atom stereocenters. The molecule has 0 spiro atoms. The van der Waals surface area contributed by atoms with Crippen molar-refractivity contribution in [2.24, 2.45) is 0 Å². The van der Waals surface area contributed by atoms with Crippen molar-refractivity contribution in [1.29, 1.82) is 0 Å². The highest BCUT2D eigenvalue weighted by Crippen LogP contribution is 2.41. The Kier molecular flexibility index (Phi) is 6.20. The predicted octanol–water partition coefficient (Wildman–Crippen LogP) is 11.6. The van der Waals surface area contributed by atoms with Crippen LogP contribution in [0.1, 0.15) is 11.1 Å². The van der Waals surface area contributed by atoms with Crippen molar-refractivity contribution in [3.63, 3.8) is 0 Å². The second-order valence-corrected chi connectivity index (χ2v) is 11.9. The van der Waals surface area contributed by atoms with Crippen LogP contribution in [0.25, 0.3) is 61.0 Å². The smallest absolute Gasteiger partial charge is 0.143 e. The summed E-state index contributed by atoms with van der Waals surface area (Å²) in [6.07, 6.45) is 4.12. The lowest BCUT2D eigenvalue weighted by Gasteiger charge is -2.26. The van der Waals surface area contributed by atoms with Gasteiger partial charge in [0.25, 0.3) is 0 Å². The van der Waals surface area contributed by atoms with E-state index in [-0.39, 0.29) is 0 Å². The molecule has 1 aliphatic heterocycles. The van der Waals surface area contributed by atoms with Crippen LogP contribution in [0.4, 0.5) is 17.1 Å². The molecule has 0 amide bonds. The second-order valence-electron chi connectivity index (χ2n) is 11.9. The molecule has 46 heavy (non-hydrogen) atoms. The van der Waals surface area contributed by atoms with Crippen molar-refractivity contribution < 1.29 is 4.42 Å². The zero-order valence-corrected chi connectivity index (χ0v) is 25.2. The van der Waals surface area contributed by atoms with Crippen molar-refractivity contribution in [2.45, 2.75) is 6.54 Å². The number of anilines is 3. The Morgan fingerprint density at radius 2 is 1.15 bits per heavy atom. The lowest BCUT2D eigenvalue weighted by molar-refractivity contribution is 0.666. The molecule has 1 N–H and O–H groups in total. The third-order valence-electron chi connectivity index (χ3n) is 9.11. The van der Waals surface area contributed by atoms with Crippen molar-refractivity contribution in [3.8, 4) is 22.3 Å². The van der Waals surface area contributed by atoms with Gasteiger partial charge in [-0.2, -0.15) is 0 Å². The monoisotopic (exact) mass is 590 g/mol. The molecule has 0 fully saturated rings. The molecular formula is C43H30N2O. The average Bonchev–Trinajstić information content (AvgIpc) is 3.51. The molecular weight excluding hydrogens is 560 g/mol. The molecule has 9 rings (SSSR count). The Morgan fingerprint density at radius 1 is 0.500 bits per heavy atom. The summed E-state index contributed by atoms with van der Waals surface area (Å²) in [6, 6.07) is 54.4. The van der Waals surface area contributed by atoms with Crippen molar-refractivity contribution in [3.05, 3.63) is 169 Å². The van der Waals surface area contributed by atoms with Crippen molar-refractivity contribution >= 4 is 55.8 Å². The Morgan fingerprint density at radius 3 is 1.93 bits per heavy atom. The third kappa shape index (κ3) is 4.53. The molecule has 0 unspecified atom stereocenters. The highest BCUT2D eigenvalue weighted by molar-refractivity contribution is 6.09. The van der Waals surface area contributed by atoms with E-state index in [9.17, 15) is 0 Å². The van der Waals surface area contributed by atoms with Gasteiger partial charge in [0.1, 0.15) is 11.2 Å². The van der Waals surface area contributed by atoms with E-state index in [4.69, 9.17) is 4.42 Å². The number of fused-ring (bicyclic) bond motifs is 6. The summed E-state index contributed by atoms with van der Waals surface area (Å²) >= 11 is 0. The molecule has 0 saturated carbocycles. The zero-order chi connectivity index (χ0) is 30.5.